The third kappa shape index (κ3) is 2.69. The van der Waals surface area contributed by atoms with Crippen LogP contribution >= 0.6 is 0 Å². The van der Waals surface area contributed by atoms with Gasteiger partial charge in [0.05, 0.1) is 31.6 Å². The zero-order valence-electron chi connectivity index (χ0n) is 15.8. The van der Waals surface area contributed by atoms with Crippen LogP contribution in [0.3, 0.4) is 0 Å². The summed E-state index contributed by atoms with van der Waals surface area (Å²) in [5.41, 5.74) is 2.14. The van der Waals surface area contributed by atoms with E-state index in [4.69, 9.17) is 24.4 Å². The molecular formula is C18H23N7O2. The van der Waals surface area contributed by atoms with Crippen LogP contribution < -0.4 is 4.90 Å². The lowest BCUT2D eigenvalue weighted by Gasteiger charge is -2.30. The van der Waals surface area contributed by atoms with E-state index in [1.54, 1.807) is 10.9 Å². The van der Waals surface area contributed by atoms with Crippen molar-refractivity contribution in [2.75, 3.05) is 37.8 Å². The second-order valence-electron chi connectivity index (χ2n) is 7.49. The van der Waals surface area contributed by atoms with E-state index in [0.717, 1.165) is 48.0 Å². The highest BCUT2D eigenvalue weighted by atomic mass is 16.5. The minimum Gasteiger partial charge on any atom is -0.378 e. The van der Waals surface area contributed by atoms with E-state index in [2.05, 4.69) is 14.6 Å². The van der Waals surface area contributed by atoms with E-state index in [1.165, 1.54) is 0 Å². The first kappa shape index (κ1) is 16.6. The molecule has 0 spiro atoms. The topological polar surface area (TPSA) is 83.1 Å². The van der Waals surface area contributed by atoms with Crippen molar-refractivity contribution in [3.8, 4) is 11.4 Å². The minimum absolute atomic E-state index is 0.449. The Hall–Kier alpha value is -2.52. The van der Waals surface area contributed by atoms with Gasteiger partial charge in [-0.15, -0.1) is 0 Å². The van der Waals surface area contributed by atoms with Gasteiger partial charge in [0.1, 0.15) is 11.4 Å². The maximum absolute atomic E-state index is 5.95. The van der Waals surface area contributed by atoms with Crippen molar-refractivity contribution in [1.29, 1.82) is 0 Å². The van der Waals surface area contributed by atoms with E-state index in [-0.39, 0.29) is 0 Å². The molecule has 0 aromatic carbocycles. The molecule has 1 saturated heterocycles. The molecular weight excluding hydrogens is 346 g/mol. The van der Waals surface area contributed by atoms with Gasteiger partial charge in [-0.05, 0) is 13.8 Å². The number of rotatable bonds is 2. The van der Waals surface area contributed by atoms with Crippen LogP contribution in [0.1, 0.15) is 19.7 Å². The summed E-state index contributed by atoms with van der Waals surface area (Å²) >= 11 is 0. The summed E-state index contributed by atoms with van der Waals surface area (Å²) in [6, 6.07) is 0. The highest BCUT2D eigenvalue weighted by Crippen LogP contribution is 2.34. The molecule has 9 nitrogen and oxygen atoms in total. The summed E-state index contributed by atoms with van der Waals surface area (Å²) in [4.78, 5) is 16.9. The molecule has 0 bridgehead atoms. The van der Waals surface area contributed by atoms with Crippen LogP contribution in [0.4, 0.5) is 5.82 Å². The van der Waals surface area contributed by atoms with Gasteiger partial charge in [0.25, 0.3) is 0 Å². The molecule has 0 unspecified atom stereocenters. The van der Waals surface area contributed by atoms with Crippen molar-refractivity contribution in [1.82, 2.24) is 29.3 Å². The molecule has 0 saturated carbocycles. The Bertz CT molecular complexity index is 1000. The van der Waals surface area contributed by atoms with Gasteiger partial charge in [0.15, 0.2) is 22.8 Å². The molecule has 0 aliphatic carbocycles. The number of aromatic nitrogens is 6. The number of hydrogen-bond donors (Lipinski definition) is 0. The first-order valence-corrected chi connectivity index (χ1v) is 9.27. The van der Waals surface area contributed by atoms with Crippen LogP contribution in [-0.2, 0) is 28.7 Å². The number of morpholine rings is 1. The van der Waals surface area contributed by atoms with Crippen LogP contribution in [0.25, 0.3) is 22.6 Å². The van der Waals surface area contributed by atoms with Crippen LogP contribution in [0, 0.1) is 0 Å². The predicted molar refractivity (Wildman–Crippen MR) is 99.5 cm³/mol. The molecule has 2 aliphatic heterocycles. The van der Waals surface area contributed by atoms with Gasteiger partial charge in [-0.1, -0.05) is 0 Å². The smallest absolute Gasteiger partial charge is 0.167 e. The quantitative estimate of drug-likeness (QED) is 0.674. The van der Waals surface area contributed by atoms with Crippen LogP contribution in [0.5, 0.6) is 0 Å². The molecule has 1 fully saturated rings. The predicted octanol–water partition coefficient (Wildman–Crippen LogP) is 1.33. The molecule has 2 aliphatic rings. The summed E-state index contributed by atoms with van der Waals surface area (Å²) in [7, 11) is 1.89. The second-order valence-corrected chi connectivity index (χ2v) is 7.49. The van der Waals surface area contributed by atoms with Gasteiger partial charge < -0.3 is 18.9 Å². The third-order valence-electron chi connectivity index (χ3n) is 5.17. The Labute approximate surface area is 156 Å². The SMILES string of the molecule is Cn1cc(-c2nc(N3CCOCC3)c3nc4n(c3n2)CCOC4(C)C)cn1. The van der Waals surface area contributed by atoms with Gasteiger partial charge in [-0.25, -0.2) is 15.0 Å². The Balaban J connectivity index is 1.76. The Kier molecular flexibility index (Phi) is 3.70. The lowest BCUT2D eigenvalue weighted by Crippen LogP contribution is -2.37. The number of ether oxygens (including phenoxy) is 2. The van der Waals surface area contributed by atoms with E-state index >= 15 is 0 Å². The van der Waals surface area contributed by atoms with Crippen molar-refractivity contribution in [3.63, 3.8) is 0 Å². The van der Waals surface area contributed by atoms with Gasteiger partial charge >= 0.3 is 0 Å². The lowest BCUT2D eigenvalue weighted by atomic mass is 10.1. The molecule has 5 rings (SSSR count). The van der Waals surface area contributed by atoms with Gasteiger partial charge in [-0.2, -0.15) is 5.10 Å². The average molecular weight is 369 g/mol. The summed E-state index contributed by atoms with van der Waals surface area (Å²) < 4.78 is 15.4. The Morgan fingerprint density at radius 2 is 1.85 bits per heavy atom. The van der Waals surface area contributed by atoms with Gasteiger partial charge in [-0.3, -0.25) is 4.68 Å². The van der Waals surface area contributed by atoms with Crippen molar-refractivity contribution in [2.24, 2.45) is 7.05 Å². The molecule has 0 radical (unpaired) electrons. The highest BCUT2D eigenvalue weighted by Gasteiger charge is 2.34. The number of nitrogens with zero attached hydrogens (tertiary/aromatic N) is 7. The lowest BCUT2D eigenvalue weighted by molar-refractivity contribution is -0.0530. The molecule has 0 amide bonds. The fourth-order valence-electron chi connectivity index (χ4n) is 3.78. The number of aryl methyl sites for hydroxylation is 1. The van der Waals surface area contributed by atoms with E-state index in [9.17, 15) is 0 Å². The average Bonchev–Trinajstić information content (AvgIpc) is 3.26. The molecule has 5 heterocycles. The van der Waals surface area contributed by atoms with Crippen LogP contribution in [0.2, 0.25) is 0 Å². The fourth-order valence-corrected chi connectivity index (χ4v) is 3.78. The van der Waals surface area contributed by atoms with Gasteiger partial charge in [0.2, 0.25) is 0 Å². The first-order chi connectivity index (χ1) is 13.0. The summed E-state index contributed by atoms with van der Waals surface area (Å²) in [5.74, 6) is 2.43. The maximum Gasteiger partial charge on any atom is 0.167 e. The molecule has 3 aromatic heterocycles. The van der Waals surface area contributed by atoms with Crippen molar-refractivity contribution < 1.29 is 9.47 Å². The number of anilines is 1. The molecule has 3 aromatic rings. The molecule has 27 heavy (non-hydrogen) atoms. The molecule has 0 atom stereocenters. The van der Waals surface area contributed by atoms with E-state index in [0.29, 0.717) is 25.6 Å². The zero-order chi connectivity index (χ0) is 18.6. The van der Waals surface area contributed by atoms with E-state index < -0.39 is 5.60 Å². The monoisotopic (exact) mass is 369 g/mol. The van der Waals surface area contributed by atoms with Crippen LogP contribution in [0.15, 0.2) is 12.4 Å². The molecule has 0 N–H and O–H groups in total. The number of hydrogen-bond acceptors (Lipinski definition) is 7. The van der Waals surface area contributed by atoms with Crippen LogP contribution in [-0.4, -0.2) is 62.2 Å². The largest absolute Gasteiger partial charge is 0.378 e. The summed E-state index contributed by atoms with van der Waals surface area (Å²) in [6.45, 7) is 8.44. The normalized spacial score (nSPS) is 19.4. The first-order valence-electron chi connectivity index (χ1n) is 9.27. The highest BCUT2D eigenvalue weighted by molar-refractivity contribution is 5.86. The van der Waals surface area contributed by atoms with Crippen molar-refractivity contribution in [2.45, 2.75) is 26.0 Å². The molecule has 142 valence electrons. The van der Waals surface area contributed by atoms with E-state index in [1.807, 2.05) is 27.1 Å². The zero-order valence-corrected chi connectivity index (χ0v) is 15.8. The Morgan fingerprint density at radius 3 is 2.59 bits per heavy atom. The third-order valence-corrected chi connectivity index (χ3v) is 5.17. The number of fused-ring (bicyclic) bond motifs is 3. The standard InChI is InChI=1S/C18H23N7O2/c1-18(2)17-20-13-15(24-4-7-26-8-5-24)21-14(12-10-19-23(3)11-12)22-16(13)25(17)6-9-27-18/h10-11H,4-9H2,1-3H3. The second kappa shape index (κ2) is 6.00. The summed E-state index contributed by atoms with van der Waals surface area (Å²) in [6.07, 6.45) is 3.73. The fraction of sp³-hybridized carbons (Fsp3) is 0.556. The maximum atomic E-state index is 5.95. The van der Waals surface area contributed by atoms with Crippen molar-refractivity contribution >= 4 is 17.0 Å². The van der Waals surface area contributed by atoms with Crippen molar-refractivity contribution in [3.05, 3.63) is 18.2 Å². The molecule has 9 heteroatoms. The number of imidazole rings is 1. The minimum atomic E-state index is -0.449. The van der Waals surface area contributed by atoms with Gasteiger partial charge in [0, 0.05) is 32.9 Å². The Morgan fingerprint density at radius 1 is 1.04 bits per heavy atom. The summed E-state index contributed by atoms with van der Waals surface area (Å²) in [5, 5.41) is 4.27.